The number of rotatable bonds is 3. The fourth-order valence-corrected chi connectivity index (χ4v) is 1.63. The van der Waals surface area contributed by atoms with Gasteiger partial charge < -0.3 is 10.1 Å². The predicted octanol–water partition coefficient (Wildman–Crippen LogP) is 0.855. The van der Waals surface area contributed by atoms with E-state index in [1.165, 1.54) is 19.2 Å². The minimum Gasteiger partial charge on any atom is -0.477 e. The van der Waals surface area contributed by atoms with Crippen molar-refractivity contribution < 1.29 is 4.74 Å². The van der Waals surface area contributed by atoms with Crippen LogP contribution in [0, 0.1) is 5.92 Å². The van der Waals surface area contributed by atoms with Gasteiger partial charge in [0, 0.05) is 24.7 Å². The number of nitrogens with zero attached hydrogens (tertiary/aromatic N) is 2. The van der Waals surface area contributed by atoms with Crippen LogP contribution in [-0.2, 0) is 0 Å². The zero-order valence-electron chi connectivity index (χ0n) is 8.15. The van der Waals surface area contributed by atoms with E-state index in [-0.39, 0.29) is 0 Å². The Morgan fingerprint density at radius 2 is 2.57 bits per heavy atom. The standard InChI is InChI=1S/C10H15N3O/c1-2-9(6-11-4-1)7-14-10-3-5-12-8-13-10/h3,5,8-9,11H,1-2,4,6-7H2. The van der Waals surface area contributed by atoms with Gasteiger partial charge in [-0.15, -0.1) is 0 Å². The molecule has 0 aliphatic carbocycles. The lowest BCUT2D eigenvalue weighted by molar-refractivity contribution is 0.212. The molecule has 1 aliphatic rings. The monoisotopic (exact) mass is 193 g/mol. The van der Waals surface area contributed by atoms with Crippen LogP contribution < -0.4 is 10.1 Å². The van der Waals surface area contributed by atoms with Crippen LogP contribution in [0.5, 0.6) is 5.88 Å². The minimum atomic E-state index is 0.624. The van der Waals surface area contributed by atoms with Gasteiger partial charge in [-0.1, -0.05) is 0 Å². The summed E-state index contributed by atoms with van der Waals surface area (Å²) < 4.78 is 5.55. The Morgan fingerprint density at radius 1 is 1.57 bits per heavy atom. The fraction of sp³-hybridized carbons (Fsp3) is 0.600. The van der Waals surface area contributed by atoms with Crippen molar-refractivity contribution in [1.29, 1.82) is 0 Å². The lowest BCUT2D eigenvalue weighted by Gasteiger charge is -2.22. The molecule has 2 rings (SSSR count). The van der Waals surface area contributed by atoms with Gasteiger partial charge in [0.15, 0.2) is 0 Å². The molecule has 76 valence electrons. The number of nitrogens with one attached hydrogen (secondary N) is 1. The third-order valence-electron chi connectivity index (χ3n) is 2.42. The first-order valence-electron chi connectivity index (χ1n) is 5.04. The third-order valence-corrected chi connectivity index (χ3v) is 2.42. The topological polar surface area (TPSA) is 47.0 Å². The first-order valence-corrected chi connectivity index (χ1v) is 5.04. The van der Waals surface area contributed by atoms with Crippen LogP contribution in [0.15, 0.2) is 18.6 Å². The highest BCUT2D eigenvalue weighted by Crippen LogP contribution is 2.11. The summed E-state index contributed by atoms with van der Waals surface area (Å²) in [4.78, 5) is 7.85. The van der Waals surface area contributed by atoms with Gasteiger partial charge in [-0.3, -0.25) is 0 Å². The van der Waals surface area contributed by atoms with Gasteiger partial charge >= 0.3 is 0 Å². The summed E-state index contributed by atoms with van der Waals surface area (Å²) in [6.07, 6.45) is 5.70. The minimum absolute atomic E-state index is 0.624. The van der Waals surface area contributed by atoms with Crippen LogP contribution >= 0.6 is 0 Å². The molecule has 1 aromatic rings. The number of ether oxygens (including phenoxy) is 1. The van der Waals surface area contributed by atoms with Crippen molar-refractivity contribution >= 4 is 0 Å². The molecular formula is C10H15N3O. The molecule has 1 fully saturated rings. The summed E-state index contributed by atoms with van der Waals surface area (Å²) in [6.45, 7) is 2.96. The van der Waals surface area contributed by atoms with Gasteiger partial charge in [-0.05, 0) is 19.4 Å². The largest absolute Gasteiger partial charge is 0.477 e. The van der Waals surface area contributed by atoms with E-state index in [0.717, 1.165) is 19.7 Å². The number of piperidine rings is 1. The third kappa shape index (κ3) is 2.67. The Morgan fingerprint density at radius 3 is 3.29 bits per heavy atom. The Bertz CT molecular complexity index is 259. The summed E-state index contributed by atoms with van der Waals surface area (Å²) in [5, 5.41) is 3.36. The van der Waals surface area contributed by atoms with E-state index < -0.39 is 0 Å². The van der Waals surface area contributed by atoms with Crippen LogP contribution in [0.4, 0.5) is 0 Å². The summed E-state index contributed by atoms with van der Waals surface area (Å²) >= 11 is 0. The number of hydrogen-bond acceptors (Lipinski definition) is 4. The zero-order chi connectivity index (χ0) is 9.64. The van der Waals surface area contributed by atoms with Gasteiger partial charge in [-0.2, -0.15) is 0 Å². The first kappa shape index (κ1) is 9.40. The molecule has 1 aliphatic heterocycles. The number of hydrogen-bond donors (Lipinski definition) is 1. The highest BCUT2D eigenvalue weighted by Gasteiger charge is 2.13. The molecule has 1 atom stereocenters. The Hall–Kier alpha value is -1.16. The molecule has 1 saturated heterocycles. The van der Waals surface area contributed by atoms with Crippen molar-refractivity contribution in [3.8, 4) is 5.88 Å². The second-order valence-electron chi connectivity index (χ2n) is 3.57. The van der Waals surface area contributed by atoms with E-state index in [0.29, 0.717) is 11.8 Å². The van der Waals surface area contributed by atoms with Crippen molar-refractivity contribution in [1.82, 2.24) is 15.3 Å². The fourth-order valence-electron chi connectivity index (χ4n) is 1.63. The molecule has 0 saturated carbocycles. The molecule has 0 amide bonds. The quantitative estimate of drug-likeness (QED) is 0.773. The van der Waals surface area contributed by atoms with E-state index in [1.807, 2.05) is 0 Å². The molecule has 1 unspecified atom stereocenters. The van der Waals surface area contributed by atoms with Crippen LogP contribution in [0.2, 0.25) is 0 Å². The molecular weight excluding hydrogens is 178 g/mol. The van der Waals surface area contributed by atoms with Crippen LogP contribution in [-0.4, -0.2) is 29.7 Å². The Labute approximate surface area is 83.7 Å². The summed E-state index contributed by atoms with van der Waals surface area (Å²) in [5.41, 5.74) is 0. The smallest absolute Gasteiger partial charge is 0.216 e. The highest BCUT2D eigenvalue weighted by atomic mass is 16.5. The Kier molecular flexibility index (Phi) is 3.29. The lowest BCUT2D eigenvalue weighted by Crippen LogP contribution is -2.33. The van der Waals surface area contributed by atoms with E-state index in [1.54, 1.807) is 12.3 Å². The normalized spacial score (nSPS) is 21.9. The zero-order valence-corrected chi connectivity index (χ0v) is 8.15. The first-order chi connectivity index (χ1) is 6.95. The van der Waals surface area contributed by atoms with Crippen molar-refractivity contribution in [2.45, 2.75) is 12.8 Å². The van der Waals surface area contributed by atoms with Crippen molar-refractivity contribution in [2.75, 3.05) is 19.7 Å². The van der Waals surface area contributed by atoms with Crippen LogP contribution in [0.1, 0.15) is 12.8 Å². The summed E-state index contributed by atoms with van der Waals surface area (Å²) in [6, 6.07) is 1.79. The molecule has 2 heterocycles. The molecule has 4 nitrogen and oxygen atoms in total. The SMILES string of the molecule is c1cc(OCC2CCCNC2)ncn1. The summed E-state index contributed by atoms with van der Waals surface area (Å²) in [7, 11) is 0. The molecule has 1 aromatic heterocycles. The van der Waals surface area contributed by atoms with Gasteiger partial charge in [0.1, 0.15) is 6.33 Å². The second-order valence-corrected chi connectivity index (χ2v) is 3.57. The van der Waals surface area contributed by atoms with Gasteiger partial charge in [-0.25, -0.2) is 9.97 Å². The molecule has 1 N–H and O–H groups in total. The van der Waals surface area contributed by atoms with E-state index >= 15 is 0 Å². The molecule has 0 spiro atoms. The summed E-state index contributed by atoms with van der Waals surface area (Å²) in [5.74, 6) is 1.30. The van der Waals surface area contributed by atoms with Gasteiger partial charge in [0.05, 0.1) is 6.61 Å². The Balaban J connectivity index is 1.76. The van der Waals surface area contributed by atoms with Gasteiger partial charge in [0.2, 0.25) is 5.88 Å². The predicted molar refractivity (Wildman–Crippen MR) is 53.1 cm³/mol. The molecule has 0 radical (unpaired) electrons. The molecule has 0 aromatic carbocycles. The highest BCUT2D eigenvalue weighted by molar-refractivity contribution is 5.04. The van der Waals surface area contributed by atoms with Crippen molar-refractivity contribution in [2.24, 2.45) is 5.92 Å². The maximum absolute atomic E-state index is 5.55. The van der Waals surface area contributed by atoms with Crippen LogP contribution in [0.25, 0.3) is 0 Å². The number of aromatic nitrogens is 2. The molecule has 14 heavy (non-hydrogen) atoms. The van der Waals surface area contributed by atoms with E-state index in [2.05, 4.69) is 15.3 Å². The lowest BCUT2D eigenvalue weighted by atomic mass is 10.0. The van der Waals surface area contributed by atoms with E-state index in [4.69, 9.17) is 4.74 Å². The molecule has 0 bridgehead atoms. The van der Waals surface area contributed by atoms with Crippen molar-refractivity contribution in [3.05, 3.63) is 18.6 Å². The van der Waals surface area contributed by atoms with E-state index in [9.17, 15) is 0 Å². The second kappa shape index (κ2) is 4.91. The maximum Gasteiger partial charge on any atom is 0.216 e. The van der Waals surface area contributed by atoms with Gasteiger partial charge in [0.25, 0.3) is 0 Å². The average Bonchev–Trinajstić information content (AvgIpc) is 2.29. The van der Waals surface area contributed by atoms with Crippen molar-refractivity contribution in [3.63, 3.8) is 0 Å². The van der Waals surface area contributed by atoms with Crippen LogP contribution in [0.3, 0.4) is 0 Å². The average molecular weight is 193 g/mol. The molecule has 4 heteroatoms. The maximum atomic E-state index is 5.55.